The van der Waals surface area contributed by atoms with Crippen molar-refractivity contribution < 1.29 is 13.6 Å². The van der Waals surface area contributed by atoms with Crippen LogP contribution in [0.4, 0.5) is 13.6 Å². The third-order valence-corrected chi connectivity index (χ3v) is 4.33. The predicted octanol–water partition coefficient (Wildman–Crippen LogP) is 3.87. The van der Waals surface area contributed by atoms with Gasteiger partial charge in [0.2, 0.25) is 0 Å². The van der Waals surface area contributed by atoms with Crippen molar-refractivity contribution in [1.29, 1.82) is 0 Å². The fraction of sp³-hybridized carbons (Fsp3) is 0.588. The minimum Gasteiger partial charge on any atom is -0.338 e. The van der Waals surface area contributed by atoms with Gasteiger partial charge in [-0.1, -0.05) is 25.3 Å². The molecule has 1 N–H and O–H groups in total. The van der Waals surface area contributed by atoms with Crippen molar-refractivity contribution in [3.63, 3.8) is 0 Å². The zero-order chi connectivity index (χ0) is 15.9. The highest BCUT2D eigenvalue weighted by atomic mass is 19.1. The molecule has 122 valence electrons. The number of nitrogens with one attached hydrogen (secondary N) is 1. The Morgan fingerprint density at radius 3 is 2.45 bits per heavy atom. The second-order valence-electron chi connectivity index (χ2n) is 5.76. The highest BCUT2D eigenvalue weighted by Gasteiger charge is 2.23. The topological polar surface area (TPSA) is 32.3 Å². The van der Waals surface area contributed by atoms with Crippen LogP contribution in [0.1, 0.15) is 44.6 Å². The second-order valence-corrected chi connectivity index (χ2v) is 5.76. The summed E-state index contributed by atoms with van der Waals surface area (Å²) in [4.78, 5) is 14.1. The number of nitrogens with zero attached hydrogens (tertiary/aromatic N) is 1. The number of halogens is 2. The van der Waals surface area contributed by atoms with Gasteiger partial charge in [0.1, 0.15) is 11.6 Å². The number of rotatable bonds is 5. The smallest absolute Gasteiger partial charge is 0.317 e. The monoisotopic (exact) mass is 310 g/mol. The maximum atomic E-state index is 13.5. The van der Waals surface area contributed by atoms with Crippen LogP contribution in [0.15, 0.2) is 18.2 Å². The maximum absolute atomic E-state index is 13.5. The molecule has 1 fully saturated rings. The molecule has 5 heteroatoms. The van der Waals surface area contributed by atoms with E-state index in [0.29, 0.717) is 12.6 Å². The molecule has 0 aliphatic heterocycles. The van der Waals surface area contributed by atoms with Gasteiger partial charge in [0, 0.05) is 24.7 Å². The summed E-state index contributed by atoms with van der Waals surface area (Å²) in [7, 11) is 0. The number of amides is 2. The lowest BCUT2D eigenvalue weighted by atomic mass is 9.94. The molecule has 0 bridgehead atoms. The quantitative estimate of drug-likeness (QED) is 0.879. The molecule has 0 aromatic heterocycles. The summed E-state index contributed by atoms with van der Waals surface area (Å²) in [5.41, 5.74) is 0.0310. The third kappa shape index (κ3) is 4.18. The molecule has 0 atom stereocenters. The van der Waals surface area contributed by atoms with Crippen molar-refractivity contribution >= 4 is 6.03 Å². The van der Waals surface area contributed by atoms with Crippen molar-refractivity contribution in [1.82, 2.24) is 10.2 Å². The molecule has 1 aromatic rings. The second kappa shape index (κ2) is 8.11. The molecule has 1 aliphatic carbocycles. The van der Waals surface area contributed by atoms with Crippen molar-refractivity contribution in [2.75, 3.05) is 13.1 Å². The fourth-order valence-electron chi connectivity index (χ4n) is 3.13. The van der Waals surface area contributed by atoms with Gasteiger partial charge in [-0.3, -0.25) is 0 Å². The summed E-state index contributed by atoms with van der Waals surface area (Å²) in [6, 6.07) is 3.98. The number of hydrogen-bond acceptors (Lipinski definition) is 1. The first-order chi connectivity index (χ1) is 10.6. The highest BCUT2D eigenvalue weighted by molar-refractivity contribution is 5.74. The summed E-state index contributed by atoms with van der Waals surface area (Å²) < 4.78 is 27.1. The Morgan fingerprint density at radius 2 is 1.86 bits per heavy atom. The Hall–Kier alpha value is -1.65. The summed E-state index contributed by atoms with van der Waals surface area (Å²) in [5, 5.41) is 2.79. The van der Waals surface area contributed by atoms with Crippen molar-refractivity contribution in [2.45, 2.75) is 51.5 Å². The van der Waals surface area contributed by atoms with Gasteiger partial charge in [0.25, 0.3) is 0 Å². The Kier molecular flexibility index (Phi) is 6.16. The van der Waals surface area contributed by atoms with Gasteiger partial charge < -0.3 is 10.2 Å². The van der Waals surface area contributed by atoms with E-state index in [-0.39, 0.29) is 24.6 Å². The van der Waals surface area contributed by atoms with Crippen LogP contribution in [-0.2, 0) is 6.42 Å². The first-order valence-corrected chi connectivity index (χ1v) is 8.10. The van der Waals surface area contributed by atoms with Gasteiger partial charge >= 0.3 is 6.03 Å². The van der Waals surface area contributed by atoms with E-state index >= 15 is 0 Å². The van der Waals surface area contributed by atoms with E-state index in [9.17, 15) is 13.6 Å². The molecule has 1 saturated carbocycles. The van der Waals surface area contributed by atoms with E-state index in [1.165, 1.54) is 24.6 Å². The lowest BCUT2D eigenvalue weighted by Gasteiger charge is -2.33. The predicted molar refractivity (Wildman–Crippen MR) is 82.7 cm³/mol. The van der Waals surface area contributed by atoms with E-state index in [4.69, 9.17) is 0 Å². The Morgan fingerprint density at radius 1 is 1.23 bits per heavy atom. The lowest BCUT2D eigenvalue weighted by molar-refractivity contribution is 0.160. The molecule has 0 heterocycles. The summed E-state index contributed by atoms with van der Waals surface area (Å²) in [6.07, 6.45) is 5.81. The number of hydrogen-bond donors (Lipinski definition) is 1. The van der Waals surface area contributed by atoms with Crippen LogP contribution in [0.2, 0.25) is 0 Å². The molecule has 0 radical (unpaired) electrons. The lowest BCUT2D eigenvalue weighted by Crippen LogP contribution is -2.47. The van der Waals surface area contributed by atoms with Crippen LogP contribution < -0.4 is 5.32 Å². The minimum absolute atomic E-state index is 0.0310. The molecule has 22 heavy (non-hydrogen) atoms. The Bertz CT molecular complexity index is 481. The van der Waals surface area contributed by atoms with Gasteiger partial charge in [-0.15, -0.1) is 0 Å². The first-order valence-electron chi connectivity index (χ1n) is 8.10. The normalized spacial score (nSPS) is 15.6. The molecule has 1 aliphatic rings. The van der Waals surface area contributed by atoms with Crippen LogP contribution in [0.3, 0.4) is 0 Å². The number of benzene rings is 1. The molecular weight excluding hydrogens is 286 g/mol. The van der Waals surface area contributed by atoms with Crippen molar-refractivity contribution in [3.05, 3.63) is 35.4 Å². The molecule has 2 rings (SSSR count). The van der Waals surface area contributed by atoms with E-state index < -0.39 is 11.6 Å². The zero-order valence-electron chi connectivity index (χ0n) is 13.1. The number of urea groups is 1. The van der Waals surface area contributed by atoms with E-state index in [1.54, 1.807) is 0 Å². The summed E-state index contributed by atoms with van der Waals surface area (Å²) in [6.45, 7) is 2.86. The average Bonchev–Trinajstić information content (AvgIpc) is 2.52. The molecule has 3 nitrogen and oxygen atoms in total. The molecule has 0 unspecified atom stereocenters. The summed E-state index contributed by atoms with van der Waals surface area (Å²) in [5.74, 6) is -1.12. The average molecular weight is 310 g/mol. The minimum atomic E-state index is -0.561. The summed E-state index contributed by atoms with van der Waals surface area (Å²) >= 11 is 0. The molecular formula is C17H24F2N2O. The van der Waals surface area contributed by atoms with E-state index in [2.05, 4.69) is 5.32 Å². The van der Waals surface area contributed by atoms with Crippen LogP contribution >= 0.6 is 0 Å². The largest absolute Gasteiger partial charge is 0.338 e. The van der Waals surface area contributed by atoms with Gasteiger partial charge in [0.05, 0.1) is 0 Å². The molecule has 2 amide bonds. The molecule has 1 aromatic carbocycles. The van der Waals surface area contributed by atoms with Gasteiger partial charge in [-0.25, -0.2) is 13.6 Å². The number of carbonyl (C=O) groups excluding carboxylic acids is 1. The molecule has 0 saturated heterocycles. The molecule has 0 spiro atoms. The van der Waals surface area contributed by atoms with Crippen LogP contribution in [0.25, 0.3) is 0 Å². The van der Waals surface area contributed by atoms with Gasteiger partial charge in [0.15, 0.2) is 0 Å². The Balaban J connectivity index is 1.86. The van der Waals surface area contributed by atoms with Crippen molar-refractivity contribution in [3.8, 4) is 0 Å². The number of carbonyl (C=O) groups is 1. The SMILES string of the molecule is CCN(C(=O)NCCc1c(F)cccc1F)C1CCCCC1. The maximum Gasteiger partial charge on any atom is 0.317 e. The van der Waals surface area contributed by atoms with E-state index in [1.807, 2.05) is 11.8 Å². The van der Waals surface area contributed by atoms with E-state index in [0.717, 1.165) is 25.7 Å². The Labute approximate surface area is 130 Å². The fourth-order valence-corrected chi connectivity index (χ4v) is 3.13. The first kappa shape index (κ1) is 16.7. The van der Waals surface area contributed by atoms with Crippen LogP contribution in [-0.4, -0.2) is 30.1 Å². The third-order valence-electron chi connectivity index (χ3n) is 4.33. The zero-order valence-corrected chi connectivity index (χ0v) is 13.1. The standard InChI is InChI=1S/C17H24F2N2O/c1-2-21(13-7-4-3-5-8-13)17(22)20-12-11-14-15(18)9-6-10-16(14)19/h6,9-10,13H,2-5,7-8,11-12H2,1H3,(H,20,22). The van der Waals surface area contributed by atoms with Gasteiger partial charge in [-0.2, -0.15) is 0 Å². The van der Waals surface area contributed by atoms with Gasteiger partial charge in [-0.05, 0) is 38.3 Å². The highest BCUT2D eigenvalue weighted by Crippen LogP contribution is 2.22. The van der Waals surface area contributed by atoms with Crippen LogP contribution in [0.5, 0.6) is 0 Å². The van der Waals surface area contributed by atoms with Crippen molar-refractivity contribution in [2.24, 2.45) is 0 Å². The van der Waals surface area contributed by atoms with Crippen LogP contribution in [0, 0.1) is 11.6 Å².